The van der Waals surface area contributed by atoms with Crippen molar-refractivity contribution in [3.8, 4) is 0 Å². The smallest absolute Gasteiger partial charge is 0.255 e. The Bertz CT molecular complexity index is 1340. The monoisotopic (exact) mass is 482 g/mol. The minimum Gasteiger partial charge on any atom is -0.376 e. The Morgan fingerprint density at radius 1 is 1.09 bits per heavy atom. The number of aromatic nitrogens is 1. The van der Waals surface area contributed by atoms with Crippen LogP contribution in [0.3, 0.4) is 0 Å². The van der Waals surface area contributed by atoms with E-state index in [0.717, 1.165) is 18.6 Å². The van der Waals surface area contributed by atoms with Gasteiger partial charge < -0.3 is 24.8 Å². The van der Waals surface area contributed by atoms with Gasteiger partial charge in [-0.2, -0.15) is 0 Å². The lowest BCUT2D eigenvalue weighted by Gasteiger charge is -2.42. The van der Waals surface area contributed by atoms with Crippen LogP contribution in [-0.4, -0.2) is 66.6 Å². The van der Waals surface area contributed by atoms with E-state index in [-0.39, 0.29) is 30.7 Å². The van der Waals surface area contributed by atoms with Gasteiger partial charge in [0, 0.05) is 61.5 Å². The first-order valence-electron chi connectivity index (χ1n) is 11.4. The third-order valence-corrected chi connectivity index (χ3v) is 6.49. The highest BCUT2D eigenvalue weighted by Gasteiger charge is 2.37. The van der Waals surface area contributed by atoms with E-state index in [0.29, 0.717) is 36.3 Å². The summed E-state index contributed by atoms with van der Waals surface area (Å²) < 4.78 is 32.7. The van der Waals surface area contributed by atoms with Crippen LogP contribution in [0.15, 0.2) is 53.3 Å². The van der Waals surface area contributed by atoms with E-state index in [1.54, 1.807) is 29.2 Å². The number of hydrogen-bond donors (Lipinski definition) is 2. The fourth-order valence-corrected chi connectivity index (χ4v) is 4.48. The maximum Gasteiger partial charge on any atom is 0.255 e. The Balaban J connectivity index is 1.45. The highest BCUT2D eigenvalue weighted by molar-refractivity contribution is 6.07. The number of nitrogens with one attached hydrogen (secondary N) is 2. The van der Waals surface area contributed by atoms with Gasteiger partial charge in [0.25, 0.3) is 5.91 Å². The van der Waals surface area contributed by atoms with Gasteiger partial charge in [-0.05, 0) is 24.6 Å². The predicted octanol–water partition coefficient (Wildman–Crippen LogP) is 2.04. The summed E-state index contributed by atoms with van der Waals surface area (Å²) in [7, 11) is 0. The fraction of sp³-hybridized carbons (Fsp3) is 0.320. The molecule has 3 aromatic rings. The lowest BCUT2D eigenvalue weighted by Crippen LogP contribution is -2.61. The fourth-order valence-electron chi connectivity index (χ4n) is 4.48. The molecule has 2 saturated heterocycles. The second-order valence-corrected chi connectivity index (χ2v) is 8.68. The zero-order chi connectivity index (χ0) is 24.5. The van der Waals surface area contributed by atoms with Gasteiger partial charge in [-0.15, -0.1) is 0 Å². The molecule has 2 unspecified atom stereocenters. The van der Waals surface area contributed by atoms with Crippen LogP contribution in [0.4, 0.5) is 14.5 Å². The lowest BCUT2D eigenvalue weighted by atomic mass is 10.0. The quantitative estimate of drug-likeness (QED) is 0.581. The van der Waals surface area contributed by atoms with E-state index in [9.17, 15) is 23.2 Å². The molecule has 1 aromatic heterocycles. The molecule has 8 nitrogen and oxygen atoms in total. The normalized spacial score (nSPS) is 19.9. The minimum absolute atomic E-state index is 0.0642. The summed E-state index contributed by atoms with van der Waals surface area (Å²) in [5, 5.41) is 3.42. The Labute approximate surface area is 199 Å². The third-order valence-electron chi connectivity index (χ3n) is 6.49. The van der Waals surface area contributed by atoms with E-state index in [4.69, 9.17) is 4.74 Å². The van der Waals surface area contributed by atoms with Crippen LogP contribution >= 0.6 is 0 Å². The molecule has 2 fully saturated rings. The molecule has 2 aliphatic rings. The number of H-pyrrole nitrogens is 1. The number of carbonyl (C=O) groups is 2. The summed E-state index contributed by atoms with van der Waals surface area (Å²) >= 11 is 0. The molecule has 0 spiro atoms. The molecule has 2 amide bonds. The van der Waals surface area contributed by atoms with E-state index in [2.05, 4.69) is 10.3 Å². The van der Waals surface area contributed by atoms with Crippen molar-refractivity contribution in [3.63, 3.8) is 0 Å². The molecule has 182 valence electrons. The van der Waals surface area contributed by atoms with Crippen LogP contribution in [-0.2, 0) is 9.53 Å². The van der Waals surface area contributed by atoms with Crippen LogP contribution in [0.1, 0.15) is 16.8 Å². The van der Waals surface area contributed by atoms with E-state index in [1.807, 2.05) is 0 Å². The van der Waals surface area contributed by atoms with Crippen LogP contribution in [0.5, 0.6) is 0 Å². The lowest BCUT2D eigenvalue weighted by molar-refractivity contribution is -0.127. The minimum atomic E-state index is -0.987. The average Bonchev–Trinajstić information content (AvgIpc) is 2.83. The van der Waals surface area contributed by atoms with Gasteiger partial charge in [0.05, 0.1) is 11.7 Å². The van der Waals surface area contributed by atoms with Crippen molar-refractivity contribution in [2.24, 2.45) is 0 Å². The maximum atomic E-state index is 13.9. The first-order chi connectivity index (χ1) is 16.9. The molecule has 0 aliphatic carbocycles. The number of hydrogen-bond acceptors (Lipinski definition) is 5. The summed E-state index contributed by atoms with van der Waals surface area (Å²) in [6.45, 7) is 1.49. The number of amides is 2. The van der Waals surface area contributed by atoms with E-state index >= 15 is 0 Å². The topological polar surface area (TPSA) is 94.7 Å². The van der Waals surface area contributed by atoms with Crippen molar-refractivity contribution >= 4 is 28.4 Å². The first-order valence-corrected chi connectivity index (χ1v) is 11.4. The Hall–Kier alpha value is -3.79. The molecule has 0 saturated carbocycles. The van der Waals surface area contributed by atoms with Gasteiger partial charge in [-0.3, -0.25) is 14.4 Å². The van der Waals surface area contributed by atoms with E-state index in [1.165, 1.54) is 17.0 Å². The van der Waals surface area contributed by atoms with Gasteiger partial charge in [0.2, 0.25) is 11.5 Å². The van der Waals surface area contributed by atoms with Crippen molar-refractivity contribution < 1.29 is 23.1 Å². The van der Waals surface area contributed by atoms with Crippen molar-refractivity contribution in [2.75, 3.05) is 37.7 Å². The second kappa shape index (κ2) is 9.46. The summed E-state index contributed by atoms with van der Waals surface area (Å²) in [4.78, 5) is 45.0. The third kappa shape index (κ3) is 4.61. The van der Waals surface area contributed by atoms with Crippen molar-refractivity contribution in [1.82, 2.24) is 15.2 Å². The number of para-hydroxylation sites is 1. The average molecular weight is 482 g/mol. The number of piperazine rings is 1. The molecule has 5 rings (SSSR count). The van der Waals surface area contributed by atoms with Crippen LogP contribution < -0.4 is 15.8 Å². The second-order valence-electron chi connectivity index (χ2n) is 8.68. The van der Waals surface area contributed by atoms with Gasteiger partial charge in [-0.25, -0.2) is 8.78 Å². The summed E-state index contributed by atoms with van der Waals surface area (Å²) in [5.74, 6) is -2.77. The number of pyridine rings is 1. The SMILES string of the molecule is O=C(NCC1CCO1)C1CN(c2ccc(F)c(F)c2)CCN1C(=O)c1cc(=O)[nH]c2ccccc12. The summed E-state index contributed by atoms with van der Waals surface area (Å²) in [6, 6.07) is 10.8. The number of aromatic amines is 1. The molecule has 3 heterocycles. The van der Waals surface area contributed by atoms with Crippen LogP contribution in [0, 0.1) is 11.6 Å². The zero-order valence-corrected chi connectivity index (χ0v) is 18.8. The number of rotatable bonds is 5. The van der Waals surface area contributed by atoms with Gasteiger partial charge in [-0.1, -0.05) is 18.2 Å². The van der Waals surface area contributed by atoms with Gasteiger partial charge >= 0.3 is 0 Å². The van der Waals surface area contributed by atoms with Gasteiger partial charge in [0.1, 0.15) is 6.04 Å². The Morgan fingerprint density at radius 2 is 1.89 bits per heavy atom. The molecular formula is C25H24F2N4O4. The molecule has 2 aromatic carbocycles. The predicted molar refractivity (Wildman–Crippen MR) is 125 cm³/mol. The molecule has 10 heteroatoms. The highest BCUT2D eigenvalue weighted by atomic mass is 19.2. The Morgan fingerprint density at radius 3 is 2.63 bits per heavy atom. The first kappa shape index (κ1) is 23.0. The largest absolute Gasteiger partial charge is 0.376 e. The number of fused-ring (bicyclic) bond motifs is 1. The zero-order valence-electron chi connectivity index (χ0n) is 18.8. The number of carbonyl (C=O) groups excluding carboxylic acids is 2. The van der Waals surface area contributed by atoms with Crippen LogP contribution in [0.25, 0.3) is 10.9 Å². The summed E-state index contributed by atoms with van der Waals surface area (Å²) in [5.41, 5.74) is 0.714. The maximum absolute atomic E-state index is 13.9. The number of nitrogens with zero attached hydrogens (tertiary/aromatic N) is 2. The van der Waals surface area contributed by atoms with E-state index < -0.39 is 29.1 Å². The van der Waals surface area contributed by atoms with Crippen molar-refractivity contribution in [3.05, 3.63) is 76.1 Å². The molecule has 2 aliphatic heterocycles. The number of anilines is 1. The number of benzene rings is 2. The van der Waals surface area contributed by atoms with Crippen molar-refractivity contribution in [2.45, 2.75) is 18.6 Å². The standard InChI is InChI=1S/C25H24F2N4O4/c26-19-6-5-15(11-20(19)27)30-8-9-31(22(14-30)24(33)28-13-16-7-10-35-16)25(34)18-12-23(32)29-21-4-2-1-3-17(18)21/h1-6,11-12,16,22H,7-10,13-14H2,(H,28,33)(H,29,32). The molecule has 0 radical (unpaired) electrons. The molecule has 35 heavy (non-hydrogen) atoms. The van der Waals surface area contributed by atoms with Gasteiger partial charge in [0.15, 0.2) is 11.6 Å². The molecular weight excluding hydrogens is 458 g/mol. The number of halogens is 2. The molecule has 2 N–H and O–H groups in total. The Kier molecular flexibility index (Phi) is 6.21. The van der Waals surface area contributed by atoms with Crippen LogP contribution in [0.2, 0.25) is 0 Å². The highest BCUT2D eigenvalue weighted by Crippen LogP contribution is 2.24. The number of ether oxygens (including phenoxy) is 1. The molecule has 2 atom stereocenters. The van der Waals surface area contributed by atoms with Crippen molar-refractivity contribution in [1.29, 1.82) is 0 Å². The molecule has 0 bridgehead atoms. The summed E-state index contributed by atoms with van der Waals surface area (Å²) in [6.07, 6.45) is 0.776.